The van der Waals surface area contributed by atoms with E-state index in [4.69, 9.17) is 4.74 Å². The molecule has 1 fully saturated rings. The van der Waals surface area contributed by atoms with Gasteiger partial charge in [0.05, 0.1) is 6.61 Å². The lowest BCUT2D eigenvalue weighted by Gasteiger charge is -2.34. The lowest BCUT2D eigenvalue weighted by molar-refractivity contribution is 0.0643. The Balaban J connectivity index is 2.04. The van der Waals surface area contributed by atoms with Gasteiger partial charge in [0.25, 0.3) is 5.91 Å². The summed E-state index contributed by atoms with van der Waals surface area (Å²) in [5.74, 6) is -0.396. The molecule has 2 rings (SSSR count). The molecule has 0 aliphatic carbocycles. The van der Waals surface area contributed by atoms with E-state index in [1.807, 2.05) is 0 Å². The van der Waals surface area contributed by atoms with E-state index < -0.39 is 5.82 Å². The van der Waals surface area contributed by atoms with E-state index >= 15 is 0 Å². The summed E-state index contributed by atoms with van der Waals surface area (Å²) in [4.78, 5) is 16.4. The highest BCUT2D eigenvalue weighted by Gasteiger charge is 2.22. The Hall–Kier alpha value is -1.62. The molecule has 0 saturated carbocycles. The van der Waals surface area contributed by atoms with Crippen LogP contribution >= 0.6 is 0 Å². The van der Waals surface area contributed by atoms with E-state index in [1.165, 1.54) is 12.1 Å². The van der Waals surface area contributed by atoms with E-state index in [1.54, 1.807) is 17.9 Å². The Kier molecular flexibility index (Phi) is 4.95. The topological polar surface area (TPSA) is 32.8 Å². The minimum Gasteiger partial charge on any atom is -0.491 e. The smallest absolute Gasteiger partial charge is 0.254 e. The minimum absolute atomic E-state index is 0.109. The van der Waals surface area contributed by atoms with Crippen LogP contribution in [0.4, 0.5) is 4.39 Å². The standard InChI is InChI=1S/C15H21FN2O2/c1-3-17-7-9-18(10-8-17)15(19)12-5-6-14(20-4-2)13(16)11-12/h5-6,11H,3-4,7-10H2,1-2H3. The Morgan fingerprint density at radius 3 is 2.50 bits per heavy atom. The van der Waals surface area contributed by atoms with E-state index in [0.29, 0.717) is 25.3 Å². The first-order valence-electron chi connectivity index (χ1n) is 7.09. The van der Waals surface area contributed by atoms with Gasteiger partial charge in [0.15, 0.2) is 11.6 Å². The number of nitrogens with zero attached hydrogens (tertiary/aromatic N) is 2. The van der Waals surface area contributed by atoms with Crippen LogP contribution in [0.2, 0.25) is 0 Å². The number of piperazine rings is 1. The van der Waals surface area contributed by atoms with Crippen LogP contribution in [0.5, 0.6) is 5.75 Å². The van der Waals surface area contributed by atoms with Crippen molar-refractivity contribution in [3.8, 4) is 5.75 Å². The van der Waals surface area contributed by atoms with Crippen molar-refractivity contribution in [2.45, 2.75) is 13.8 Å². The minimum atomic E-state index is -0.482. The lowest BCUT2D eigenvalue weighted by atomic mass is 10.1. The van der Waals surface area contributed by atoms with E-state index in [2.05, 4.69) is 11.8 Å². The maximum Gasteiger partial charge on any atom is 0.254 e. The molecule has 1 aliphatic rings. The number of hydrogen-bond donors (Lipinski definition) is 0. The summed E-state index contributed by atoms with van der Waals surface area (Å²) < 4.78 is 18.9. The molecule has 0 aromatic heterocycles. The second kappa shape index (κ2) is 6.70. The van der Waals surface area contributed by atoms with E-state index in [0.717, 1.165) is 19.6 Å². The fourth-order valence-electron chi connectivity index (χ4n) is 2.36. The van der Waals surface area contributed by atoms with Crippen LogP contribution < -0.4 is 4.74 Å². The summed E-state index contributed by atoms with van der Waals surface area (Å²) >= 11 is 0. The van der Waals surface area contributed by atoms with Gasteiger partial charge in [-0.2, -0.15) is 0 Å². The summed E-state index contributed by atoms with van der Waals surface area (Å²) in [5.41, 5.74) is 0.385. The van der Waals surface area contributed by atoms with Crippen LogP contribution in [0.25, 0.3) is 0 Å². The first-order chi connectivity index (χ1) is 9.65. The van der Waals surface area contributed by atoms with Crippen molar-refractivity contribution < 1.29 is 13.9 Å². The van der Waals surface area contributed by atoms with E-state index in [9.17, 15) is 9.18 Å². The van der Waals surface area contributed by atoms with Crippen molar-refractivity contribution in [3.05, 3.63) is 29.6 Å². The van der Waals surface area contributed by atoms with Gasteiger partial charge < -0.3 is 14.5 Å². The van der Waals surface area contributed by atoms with Gasteiger partial charge in [0.2, 0.25) is 0 Å². The van der Waals surface area contributed by atoms with Crippen LogP contribution in [0, 0.1) is 5.82 Å². The number of hydrogen-bond acceptors (Lipinski definition) is 3. The molecule has 110 valence electrons. The number of rotatable bonds is 4. The van der Waals surface area contributed by atoms with Crippen LogP contribution in [-0.2, 0) is 0 Å². The highest BCUT2D eigenvalue weighted by molar-refractivity contribution is 5.94. The molecule has 1 aromatic rings. The number of carbonyl (C=O) groups excluding carboxylic acids is 1. The average Bonchev–Trinajstić information content (AvgIpc) is 2.49. The van der Waals surface area contributed by atoms with Gasteiger partial charge in [-0.1, -0.05) is 6.92 Å². The lowest BCUT2D eigenvalue weighted by Crippen LogP contribution is -2.48. The first kappa shape index (κ1) is 14.8. The van der Waals surface area contributed by atoms with Crippen LogP contribution in [-0.4, -0.2) is 55.0 Å². The predicted octanol–water partition coefficient (Wildman–Crippen LogP) is 2.00. The van der Waals surface area contributed by atoms with Gasteiger partial charge in [-0.15, -0.1) is 0 Å². The molecule has 0 bridgehead atoms. The van der Waals surface area contributed by atoms with Gasteiger partial charge in [-0.25, -0.2) is 4.39 Å². The molecule has 0 N–H and O–H groups in total. The van der Waals surface area contributed by atoms with Gasteiger partial charge in [-0.3, -0.25) is 4.79 Å². The van der Waals surface area contributed by atoms with Crippen LogP contribution in [0.15, 0.2) is 18.2 Å². The van der Waals surface area contributed by atoms with Crippen molar-refractivity contribution in [1.29, 1.82) is 0 Å². The zero-order valence-electron chi connectivity index (χ0n) is 12.1. The SMILES string of the molecule is CCOc1ccc(C(=O)N2CCN(CC)CC2)cc1F. The highest BCUT2D eigenvalue weighted by atomic mass is 19.1. The summed E-state index contributed by atoms with van der Waals surface area (Å²) in [5, 5.41) is 0. The molecule has 20 heavy (non-hydrogen) atoms. The molecule has 1 heterocycles. The molecule has 5 heteroatoms. The number of likely N-dealkylation sites (N-methyl/N-ethyl adjacent to an activating group) is 1. The summed E-state index contributed by atoms with van der Waals surface area (Å²) in [6, 6.07) is 4.41. The Labute approximate surface area is 119 Å². The van der Waals surface area contributed by atoms with Crippen molar-refractivity contribution in [2.75, 3.05) is 39.3 Å². The molecular weight excluding hydrogens is 259 g/mol. The third-order valence-corrected chi connectivity index (χ3v) is 3.59. The number of amides is 1. The second-order valence-electron chi connectivity index (χ2n) is 4.80. The normalized spacial score (nSPS) is 16.2. The number of carbonyl (C=O) groups is 1. The molecule has 0 spiro atoms. The number of benzene rings is 1. The average molecular weight is 280 g/mol. The molecule has 4 nitrogen and oxygen atoms in total. The number of halogens is 1. The second-order valence-corrected chi connectivity index (χ2v) is 4.80. The first-order valence-corrected chi connectivity index (χ1v) is 7.09. The number of ether oxygens (including phenoxy) is 1. The molecule has 1 amide bonds. The van der Waals surface area contributed by atoms with Crippen LogP contribution in [0.1, 0.15) is 24.2 Å². The summed E-state index contributed by atoms with van der Waals surface area (Å²) in [6.45, 7) is 8.46. The zero-order valence-corrected chi connectivity index (χ0v) is 12.1. The molecule has 0 unspecified atom stereocenters. The summed E-state index contributed by atoms with van der Waals surface area (Å²) in [6.07, 6.45) is 0. The maximum atomic E-state index is 13.8. The zero-order chi connectivity index (χ0) is 14.5. The van der Waals surface area contributed by atoms with Crippen LogP contribution in [0.3, 0.4) is 0 Å². The monoisotopic (exact) mass is 280 g/mol. The Morgan fingerprint density at radius 2 is 1.95 bits per heavy atom. The van der Waals surface area contributed by atoms with Gasteiger partial charge in [0, 0.05) is 31.7 Å². The highest BCUT2D eigenvalue weighted by Crippen LogP contribution is 2.19. The van der Waals surface area contributed by atoms with Gasteiger partial charge in [-0.05, 0) is 31.7 Å². The Bertz CT molecular complexity index is 471. The molecule has 0 radical (unpaired) electrons. The molecular formula is C15H21FN2O2. The Morgan fingerprint density at radius 1 is 1.25 bits per heavy atom. The van der Waals surface area contributed by atoms with E-state index in [-0.39, 0.29) is 11.7 Å². The molecule has 1 saturated heterocycles. The van der Waals surface area contributed by atoms with Gasteiger partial charge in [0.1, 0.15) is 0 Å². The molecule has 1 aromatic carbocycles. The van der Waals surface area contributed by atoms with Crippen molar-refractivity contribution in [3.63, 3.8) is 0 Å². The van der Waals surface area contributed by atoms with Gasteiger partial charge >= 0.3 is 0 Å². The van der Waals surface area contributed by atoms with Crippen molar-refractivity contribution >= 4 is 5.91 Å². The third kappa shape index (κ3) is 3.28. The molecule has 1 aliphatic heterocycles. The predicted molar refractivity (Wildman–Crippen MR) is 75.6 cm³/mol. The summed E-state index contributed by atoms with van der Waals surface area (Å²) in [7, 11) is 0. The largest absolute Gasteiger partial charge is 0.491 e. The molecule has 0 atom stereocenters. The van der Waals surface area contributed by atoms with Crippen molar-refractivity contribution in [2.24, 2.45) is 0 Å². The van der Waals surface area contributed by atoms with Crippen molar-refractivity contribution in [1.82, 2.24) is 9.80 Å². The maximum absolute atomic E-state index is 13.8. The fourth-order valence-corrected chi connectivity index (χ4v) is 2.36. The quantitative estimate of drug-likeness (QED) is 0.845. The fraction of sp³-hybridized carbons (Fsp3) is 0.533. The third-order valence-electron chi connectivity index (χ3n) is 3.59.